The second-order valence-electron chi connectivity index (χ2n) is 6.65. The van der Waals surface area contributed by atoms with Crippen molar-refractivity contribution >= 4 is 39.8 Å². The first kappa shape index (κ1) is 17.1. The van der Waals surface area contributed by atoms with E-state index in [9.17, 15) is 14.4 Å². The number of aromatic nitrogens is 1. The van der Waals surface area contributed by atoms with Gasteiger partial charge in [-0.2, -0.15) is 0 Å². The summed E-state index contributed by atoms with van der Waals surface area (Å²) in [6.07, 6.45) is 3.52. The Bertz CT molecular complexity index is 849. The van der Waals surface area contributed by atoms with E-state index in [4.69, 9.17) is 4.52 Å². The average Bonchev–Trinajstić information content (AvgIpc) is 3.19. The number of imide groups is 1. The van der Waals surface area contributed by atoms with E-state index in [-0.39, 0.29) is 41.3 Å². The molecule has 0 unspecified atom stereocenters. The fraction of sp³-hybridized carbons (Fsp3) is 0.444. The lowest BCUT2D eigenvalue weighted by Gasteiger charge is -2.36. The monoisotopic (exact) mass is 373 g/mol. The highest BCUT2D eigenvalue weighted by molar-refractivity contribution is 8.14. The molecule has 1 aromatic heterocycles. The van der Waals surface area contributed by atoms with E-state index in [2.05, 4.69) is 10.5 Å². The third-order valence-corrected chi connectivity index (χ3v) is 5.81. The summed E-state index contributed by atoms with van der Waals surface area (Å²) in [7, 11) is 0. The Morgan fingerprint density at radius 2 is 2.08 bits per heavy atom. The van der Waals surface area contributed by atoms with Crippen molar-refractivity contribution in [2.24, 2.45) is 0 Å². The van der Waals surface area contributed by atoms with Crippen molar-refractivity contribution in [1.29, 1.82) is 0 Å². The van der Waals surface area contributed by atoms with Gasteiger partial charge in [0.1, 0.15) is 5.69 Å². The number of carbonyl (C=O) groups is 3. The van der Waals surface area contributed by atoms with Crippen LogP contribution in [0.25, 0.3) is 11.0 Å². The predicted octanol–water partition coefficient (Wildman–Crippen LogP) is 2.49. The van der Waals surface area contributed by atoms with Crippen molar-refractivity contribution in [2.75, 3.05) is 5.75 Å². The highest BCUT2D eigenvalue weighted by atomic mass is 32.2. The first-order chi connectivity index (χ1) is 12.6. The summed E-state index contributed by atoms with van der Waals surface area (Å²) in [4.78, 5) is 38.0. The molecule has 2 atom stereocenters. The zero-order chi connectivity index (χ0) is 18.1. The van der Waals surface area contributed by atoms with Gasteiger partial charge >= 0.3 is 0 Å². The molecule has 136 valence electrons. The summed E-state index contributed by atoms with van der Waals surface area (Å²) in [5.41, 5.74) is 1.24. The SMILES string of the molecule is O=C(Cc1noc2ccccc12)N[C@@H]1CCCC[C@@H]1N1C(=O)CSC1=O. The average molecular weight is 373 g/mol. The summed E-state index contributed by atoms with van der Waals surface area (Å²) in [6.45, 7) is 0. The molecule has 2 heterocycles. The Morgan fingerprint density at radius 3 is 2.88 bits per heavy atom. The molecular formula is C18H19N3O4S. The molecule has 1 aliphatic carbocycles. The highest BCUT2D eigenvalue weighted by Crippen LogP contribution is 2.30. The molecule has 1 saturated heterocycles. The Labute approximate surface area is 154 Å². The van der Waals surface area contributed by atoms with E-state index < -0.39 is 0 Å². The minimum absolute atomic E-state index is 0.108. The summed E-state index contributed by atoms with van der Waals surface area (Å²) in [6, 6.07) is 6.95. The molecule has 1 aliphatic heterocycles. The van der Waals surface area contributed by atoms with Crippen molar-refractivity contribution in [2.45, 2.75) is 44.2 Å². The molecule has 1 aromatic carbocycles. The Hall–Kier alpha value is -2.35. The van der Waals surface area contributed by atoms with Gasteiger partial charge in [0.25, 0.3) is 5.24 Å². The van der Waals surface area contributed by atoms with Gasteiger partial charge in [0.05, 0.1) is 18.2 Å². The highest BCUT2D eigenvalue weighted by Gasteiger charge is 2.41. The maximum absolute atomic E-state index is 12.6. The normalized spacial score (nSPS) is 23.6. The van der Waals surface area contributed by atoms with Crippen LogP contribution in [0, 0.1) is 0 Å². The fourth-order valence-electron chi connectivity index (χ4n) is 3.75. The zero-order valence-electron chi connectivity index (χ0n) is 14.1. The standard InChI is InChI=1S/C18H19N3O4S/c22-16(9-13-11-5-1-4-8-15(11)25-20-13)19-12-6-2-3-7-14(12)21-17(23)10-26-18(21)24/h1,4-5,8,12,14H,2-3,6-7,9-10H2,(H,19,22)/t12-,14+/m1/s1. The zero-order valence-corrected chi connectivity index (χ0v) is 15.0. The molecular weight excluding hydrogens is 354 g/mol. The molecule has 0 radical (unpaired) electrons. The Kier molecular flexibility index (Phi) is 4.67. The van der Waals surface area contributed by atoms with Gasteiger partial charge in [-0.05, 0) is 25.0 Å². The van der Waals surface area contributed by atoms with Crippen LogP contribution >= 0.6 is 11.8 Å². The number of fused-ring (bicyclic) bond motifs is 1. The van der Waals surface area contributed by atoms with Crippen molar-refractivity contribution < 1.29 is 18.9 Å². The largest absolute Gasteiger partial charge is 0.356 e. The number of nitrogens with one attached hydrogen (secondary N) is 1. The number of hydrogen-bond donors (Lipinski definition) is 1. The Balaban J connectivity index is 1.47. The number of hydrogen-bond acceptors (Lipinski definition) is 6. The number of para-hydroxylation sites is 1. The molecule has 1 saturated carbocycles. The maximum atomic E-state index is 12.6. The minimum atomic E-state index is -0.253. The minimum Gasteiger partial charge on any atom is -0.356 e. The van der Waals surface area contributed by atoms with Gasteiger partial charge in [-0.25, -0.2) is 0 Å². The molecule has 0 bridgehead atoms. The number of rotatable bonds is 4. The second kappa shape index (κ2) is 7.11. The lowest BCUT2D eigenvalue weighted by Crippen LogP contribution is -2.55. The van der Waals surface area contributed by atoms with Crippen molar-refractivity contribution in [1.82, 2.24) is 15.4 Å². The molecule has 2 fully saturated rings. The van der Waals surface area contributed by atoms with E-state index in [0.717, 1.165) is 42.8 Å². The lowest BCUT2D eigenvalue weighted by molar-refractivity contribution is -0.129. The van der Waals surface area contributed by atoms with Crippen LogP contribution in [-0.4, -0.2) is 44.9 Å². The van der Waals surface area contributed by atoms with Gasteiger partial charge in [-0.3, -0.25) is 19.3 Å². The summed E-state index contributed by atoms with van der Waals surface area (Å²) in [5, 5.41) is 7.62. The van der Waals surface area contributed by atoms with E-state index in [1.54, 1.807) is 0 Å². The second-order valence-corrected chi connectivity index (χ2v) is 7.57. The number of amides is 3. The fourth-order valence-corrected chi connectivity index (χ4v) is 4.51. The molecule has 26 heavy (non-hydrogen) atoms. The lowest BCUT2D eigenvalue weighted by atomic mass is 9.89. The first-order valence-electron chi connectivity index (χ1n) is 8.75. The summed E-state index contributed by atoms with van der Waals surface area (Å²) >= 11 is 1.04. The van der Waals surface area contributed by atoms with E-state index >= 15 is 0 Å². The molecule has 2 aliphatic rings. The number of carbonyl (C=O) groups excluding carboxylic acids is 3. The van der Waals surface area contributed by atoms with Gasteiger partial charge in [-0.1, -0.05) is 41.9 Å². The van der Waals surface area contributed by atoms with Gasteiger partial charge < -0.3 is 9.84 Å². The first-order valence-corrected chi connectivity index (χ1v) is 9.73. The molecule has 4 rings (SSSR count). The van der Waals surface area contributed by atoms with Gasteiger partial charge in [-0.15, -0.1) is 0 Å². The summed E-state index contributed by atoms with van der Waals surface area (Å²) in [5.74, 6) is -0.137. The number of thioether (sulfide) groups is 1. The van der Waals surface area contributed by atoms with E-state index in [1.165, 1.54) is 4.90 Å². The molecule has 7 nitrogen and oxygen atoms in total. The molecule has 2 aromatic rings. The van der Waals surface area contributed by atoms with Crippen LogP contribution in [0.15, 0.2) is 28.8 Å². The van der Waals surface area contributed by atoms with Crippen LogP contribution in [0.3, 0.4) is 0 Å². The van der Waals surface area contributed by atoms with Gasteiger partial charge in [0.15, 0.2) is 5.58 Å². The van der Waals surface area contributed by atoms with Crippen molar-refractivity contribution in [3.63, 3.8) is 0 Å². The molecule has 1 N–H and O–H groups in total. The molecule has 3 amide bonds. The third kappa shape index (κ3) is 3.21. The number of nitrogens with zero attached hydrogens (tertiary/aromatic N) is 2. The predicted molar refractivity (Wildman–Crippen MR) is 96.6 cm³/mol. The van der Waals surface area contributed by atoms with Gasteiger partial charge in [0, 0.05) is 11.4 Å². The topological polar surface area (TPSA) is 92.5 Å². The van der Waals surface area contributed by atoms with Crippen LogP contribution < -0.4 is 5.32 Å². The molecule has 8 heteroatoms. The quantitative estimate of drug-likeness (QED) is 0.885. The number of benzene rings is 1. The molecule has 0 spiro atoms. The third-order valence-electron chi connectivity index (χ3n) is 4.97. The van der Waals surface area contributed by atoms with E-state index in [0.29, 0.717) is 11.3 Å². The Morgan fingerprint density at radius 1 is 1.27 bits per heavy atom. The van der Waals surface area contributed by atoms with Crippen molar-refractivity contribution in [3.8, 4) is 0 Å². The van der Waals surface area contributed by atoms with Gasteiger partial charge in [0.2, 0.25) is 11.8 Å². The smallest absolute Gasteiger partial charge is 0.289 e. The van der Waals surface area contributed by atoms with Crippen LogP contribution in [-0.2, 0) is 16.0 Å². The van der Waals surface area contributed by atoms with Crippen LogP contribution in [0.5, 0.6) is 0 Å². The maximum Gasteiger partial charge on any atom is 0.289 e. The van der Waals surface area contributed by atoms with E-state index in [1.807, 2.05) is 24.3 Å². The van der Waals surface area contributed by atoms with Crippen LogP contribution in [0.1, 0.15) is 31.4 Å². The van der Waals surface area contributed by atoms with Crippen LogP contribution in [0.4, 0.5) is 4.79 Å². The van der Waals surface area contributed by atoms with Crippen LogP contribution in [0.2, 0.25) is 0 Å². The summed E-state index contributed by atoms with van der Waals surface area (Å²) < 4.78 is 5.24. The van der Waals surface area contributed by atoms with Crippen molar-refractivity contribution in [3.05, 3.63) is 30.0 Å².